The van der Waals surface area contributed by atoms with Crippen molar-refractivity contribution < 1.29 is 27.5 Å². The molecular weight excluding hydrogens is 471 g/mol. The number of nitrogens with zero attached hydrogens (tertiary/aromatic N) is 3. The molecule has 2 aromatic carbocycles. The van der Waals surface area contributed by atoms with E-state index in [0.29, 0.717) is 26.1 Å². The largest absolute Gasteiger partial charge is 0.484 e. The second-order valence-corrected chi connectivity index (χ2v) is 9.56. The van der Waals surface area contributed by atoms with E-state index in [2.05, 4.69) is 4.90 Å². The number of para-hydroxylation sites is 1. The molecule has 0 saturated heterocycles. The number of fused-ring (bicyclic) bond motifs is 1. The molecule has 1 aliphatic heterocycles. The summed E-state index contributed by atoms with van der Waals surface area (Å²) in [6.07, 6.45) is -3.27. The lowest BCUT2D eigenvalue weighted by Crippen LogP contribution is -2.39. The van der Waals surface area contributed by atoms with Crippen molar-refractivity contribution in [3.63, 3.8) is 0 Å². The fourth-order valence-corrected chi connectivity index (χ4v) is 4.14. The minimum atomic E-state index is -4.49. The van der Waals surface area contributed by atoms with Crippen molar-refractivity contribution in [2.24, 2.45) is 5.92 Å². The Balaban J connectivity index is 1.81. The summed E-state index contributed by atoms with van der Waals surface area (Å²) in [7, 11) is 1.97. The van der Waals surface area contributed by atoms with Crippen LogP contribution >= 0.6 is 0 Å². The van der Waals surface area contributed by atoms with Crippen LogP contribution in [0.1, 0.15) is 37.8 Å². The third-order valence-electron chi connectivity index (χ3n) is 6.08. The standard InChI is InChI=1S/C27H34F3N3O3/c1-20(2)16-25(34)33-13-7-12-31(3)14-15-32(18-21-8-4-5-11-24(21)33)26(35)19-36-23-10-6-9-22(17-23)27(28,29)30/h4-6,8-11,17,20H,7,12-16,18-19H2,1-3H3. The number of amides is 2. The van der Waals surface area contributed by atoms with E-state index >= 15 is 0 Å². The Labute approximate surface area is 210 Å². The molecule has 0 bridgehead atoms. The Morgan fingerprint density at radius 3 is 2.44 bits per heavy atom. The van der Waals surface area contributed by atoms with Gasteiger partial charge in [0.05, 0.1) is 5.56 Å². The molecule has 36 heavy (non-hydrogen) atoms. The summed E-state index contributed by atoms with van der Waals surface area (Å²) in [4.78, 5) is 31.8. The molecule has 196 valence electrons. The highest BCUT2D eigenvalue weighted by Crippen LogP contribution is 2.31. The summed E-state index contributed by atoms with van der Waals surface area (Å²) in [5.41, 5.74) is 0.792. The Kier molecular flexibility index (Phi) is 9.37. The van der Waals surface area contributed by atoms with Gasteiger partial charge in [-0.15, -0.1) is 0 Å². The molecule has 0 fully saturated rings. The molecule has 9 heteroatoms. The Morgan fingerprint density at radius 1 is 0.972 bits per heavy atom. The fraction of sp³-hybridized carbons (Fsp3) is 0.481. The summed E-state index contributed by atoms with van der Waals surface area (Å²) in [5, 5.41) is 0. The predicted octanol–water partition coefficient (Wildman–Crippen LogP) is 4.83. The lowest BCUT2D eigenvalue weighted by molar-refractivity contribution is -0.137. The highest BCUT2D eigenvalue weighted by Gasteiger charge is 2.31. The van der Waals surface area contributed by atoms with Gasteiger partial charge in [-0.05, 0) is 55.8 Å². The van der Waals surface area contributed by atoms with Crippen molar-refractivity contribution in [2.45, 2.75) is 39.4 Å². The van der Waals surface area contributed by atoms with Gasteiger partial charge in [0.15, 0.2) is 6.61 Å². The second kappa shape index (κ2) is 12.3. The summed E-state index contributed by atoms with van der Waals surface area (Å²) in [6.45, 7) is 6.29. The number of benzene rings is 2. The van der Waals surface area contributed by atoms with E-state index in [-0.39, 0.29) is 36.6 Å². The highest BCUT2D eigenvalue weighted by atomic mass is 19.4. The van der Waals surface area contributed by atoms with Crippen molar-refractivity contribution in [3.8, 4) is 5.75 Å². The number of halogens is 3. The molecule has 2 amide bonds. The average molecular weight is 506 g/mol. The average Bonchev–Trinajstić information content (AvgIpc) is 2.85. The van der Waals surface area contributed by atoms with E-state index in [1.165, 1.54) is 12.1 Å². The molecule has 1 aliphatic rings. The Hall–Kier alpha value is -3.07. The maximum atomic E-state index is 13.2. The molecule has 6 nitrogen and oxygen atoms in total. The molecule has 3 rings (SSSR count). The monoisotopic (exact) mass is 505 g/mol. The van der Waals surface area contributed by atoms with Gasteiger partial charge in [-0.3, -0.25) is 9.59 Å². The molecular formula is C27H34F3N3O3. The van der Waals surface area contributed by atoms with E-state index in [1.54, 1.807) is 4.90 Å². The summed E-state index contributed by atoms with van der Waals surface area (Å²) < 4.78 is 44.5. The molecule has 0 aromatic heterocycles. The molecule has 0 atom stereocenters. The van der Waals surface area contributed by atoms with Gasteiger partial charge in [0.25, 0.3) is 5.91 Å². The molecule has 0 saturated carbocycles. The van der Waals surface area contributed by atoms with Crippen LogP contribution in [-0.4, -0.2) is 61.4 Å². The molecule has 0 spiro atoms. The Morgan fingerprint density at radius 2 is 1.72 bits per heavy atom. The van der Waals surface area contributed by atoms with Gasteiger partial charge in [-0.25, -0.2) is 0 Å². The number of rotatable bonds is 5. The topological polar surface area (TPSA) is 53.1 Å². The number of hydrogen-bond acceptors (Lipinski definition) is 4. The molecule has 0 radical (unpaired) electrons. The zero-order chi connectivity index (χ0) is 26.3. The first-order chi connectivity index (χ1) is 17.0. The third-order valence-corrected chi connectivity index (χ3v) is 6.08. The van der Waals surface area contributed by atoms with Crippen LogP contribution in [0.3, 0.4) is 0 Å². The van der Waals surface area contributed by atoms with Gasteiger partial charge in [0.1, 0.15) is 5.75 Å². The van der Waals surface area contributed by atoms with Crippen molar-refractivity contribution in [3.05, 3.63) is 59.7 Å². The quantitative estimate of drug-likeness (QED) is 0.584. The van der Waals surface area contributed by atoms with E-state index in [1.807, 2.05) is 50.1 Å². The first kappa shape index (κ1) is 27.5. The van der Waals surface area contributed by atoms with Crippen molar-refractivity contribution in [1.82, 2.24) is 9.80 Å². The van der Waals surface area contributed by atoms with Gasteiger partial charge < -0.3 is 19.4 Å². The second-order valence-electron chi connectivity index (χ2n) is 9.56. The molecule has 0 N–H and O–H groups in total. The number of likely N-dealkylation sites (N-methyl/N-ethyl adjacent to an activating group) is 1. The number of carbonyl (C=O) groups is 2. The summed E-state index contributed by atoms with van der Waals surface area (Å²) in [5.74, 6) is -0.0874. The number of ether oxygens (including phenoxy) is 1. The number of alkyl halides is 3. The number of hydrogen-bond donors (Lipinski definition) is 0. The van der Waals surface area contributed by atoms with Gasteiger partial charge in [-0.1, -0.05) is 38.1 Å². The van der Waals surface area contributed by atoms with E-state index in [4.69, 9.17) is 4.74 Å². The van der Waals surface area contributed by atoms with E-state index < -0.39 is 11.7 Å². The van der Waals surface area contributed by atoms with Crippen LogP contribution < -0.4 is 9.64 Å². The first-order valence-corrected chi connectivity index (χ1v) is 12.2. The Bertz CT molecular complexity index is 1040. The number of anilines is 1. The lowest BCUT2D eigenvalue weighted by atomic mass is 10.1. The minimum absolute atomic E-state index is 0.0148. The lowest BCUT2D eigenvalue weighted by Gasteiger charge is -2.28. The molecule has 0 unspecified atom stereocenters. The summed E-state index contributed by atoms with van der Waals surface area (Å²) in [6, 6.07) is 12.1. The van der Waals surface area contributed by atoms with E-state index in [0.717, 1.165) is 36.3 Å². The van der Waals surface area contributed by atoms with Gasteiger partial charge in [0, 0.05) is 38.3 Å². The van der Waals surface area contributed by atoms with Crippen molar-refractivity contribution in [2.75, 3.05) is 44.7 Å². The van der Waals surface area contributed by atoms with Crippen molar-refractivity contribution >= 4 is 17.5 Å². The highest BCUT2D eigenvalue weighted by molar-refractivity contribution is 5.94. The summed E-state index contributed by atoms with van der Waals surface area (Å²) >= 11 is 0. The fourth-order valence-electron chi connectivity index (χ4n) is 4.14. The van der Waals surface area contributed by atoms with Crippen LogP contribution in [0.4, 0.5) is 18.9 Å². The zero-order valence-corrected chi connectivity index (χ0v) is 21.1. The van der Waals surface area contributed by atoms with Gasteiger partial charge in [-0.2, -0.15) is 13.2 Å². The van der Waals surface area contributed by atoms with Crippen LogP contribution in [0.15, 0.2) is 48.5 Å². The third kappa shape index (κ3) is 7.71. The minimum Gasteiger partial charge on any atom is -0.484 e. The molecule has 0 aliphatic carbocycles. The van der Waals surface area contributed by atoms with E-state index in [9.17, 15) is 22.8 Å². The maximum absolute atomic E-state index is 13.2. The smallest absolute Gasteiger partial charge is 0.416 e. The van der Waals surface area contributed by atoms with Gasteiger partial charge in [0.2, 0.25) is 5.91 Å². The number of carbonyl (C=O) groups excluding carboxylic acids is 2. The SMILES string of the molecule is CC(C)CC(=O)N1CCCN(C)CCN(C(=O)COc2cccc(C(F)(F)F)c2)Cc2ccccc21. The van der Waals surface area contributed by atoms with Gasteiger partial charge >= 0.3 is 6.18 Å². The first-order valence-electron chi connectivity index (χ1n) is 12.2. The maximum Gasteiger partial charge on any atom is 0.416 e. The van der Waals surface area contributed by atoms with Crippen LogP contribution in [-0.2, 0) is 22.3 Å². The molecule has 2 aromatic rings. The molecule has 1 heterocycles. The van der Waals surface area contributed by atoms with Crippen molar-refractivity contribution in [1.29, 1.82) is 0 Å². The van der Waals surface area contributed by atoms with Crippen LogP contribution in [0.2, 0.25) is 0 Å². The van der Waals surface area contributed by atoms with Crippen LogP contribution in [0, 0.1) is 5.92 Å². The zero-order valence-electron chi connectivity index (χ0n) is 21.1. The normalized spacial score (nSPS) is 15.9. The van der Waals surface area contributed by atoms with Crippen LogP contribution in [0.5, 0.6) is 5.75 Å². The van der Waals surface area contributed by atoms with Crippen LogP contribution in [0.25, 0.3) is 0 Å². The predicted molar refractivity (Wildman–Crippen MR) is 133 cm³/mol.